The molecule has 0 spiro atoms. The molecule has 1 aromatic heterocycles. The molecule has 0 radical (unpaired) electrons. The Kier molecular flexibility index (Phi) is 2.67. The summed E-state index contributed by atoms with van der Waals surface area (Å²) in [5, 5.41) is 4.89. The summed E-state index contributed by atoms with van der Waals surface area (Å²) in [6.45, 7) is 4.48. The highest BCUT2D eigenvalue weighted by atomic mass is 14.9. The van der Waals surface area contributed by atoms with Crippen molar-refractivity contribution < 1.29 is 0 Å². The van der Waals surface area contributed by atoms with Crippen LogP contribution in [0, 0.1) is 6.92 Å². The quantitative estimate of drug-likeness (QED) is 0.794. The van der Waals surface area contributed by atoms with E-state index in [0.29, 0.717) is 0 Å². The molecule has 1 aromatic carbocycles. The Labute approximate surface area is 103 Å². The van der Waals surface area contributed by atoms with Crippen LogP contribution in [0.2, 0.25) is 0 Å². The zero-order valence-electron chi connectivity index (χ0n) is 10.7. The Morgan fingerprint density at radius 3 is 2.76 bits per heavy atom. The third kappa shape index (κ3) is 1.87. The van der Waals surface area contributed by atoms with E-state index in [1.54, 1.807) is 5.56 Å². The first-order chi connectivity index (χ1) is 8.25. The van der Waals surface area contributed by atoms with Crippen molar-refractivity contribution in [1.29, 1.82) is 0 Å². The van der Waals surface area contributed by atoms with Crippen molar-refractivity contribution >= 4 is 10.9 Å². The smallest absolute Gasteiger partial charge is 0.0483 e. The van der Waals surface area contributed by atoms with Crippen LogP contribution in [0.5, 0.6) is 0 Å². The van der Waals surface area contributed by atoms with Gasteiger partial charge in [0.05, 0.1) is 0 Å². The molecule has 0 bridgehead atoms. The lowest BCUT2D eigenvalue weighted by Gasteiger charge is -2.22. The fourth-order valence-electron chi connectivity index (χ4n) is 2.98. The van der Waals surface area contributed by atoms with Gasteiger partial charge in [0, 0.05) is 24.1 Å². The van der Waals surface area contributed by atoms with E-state index in [-0.39, 0.29) is 0 Å². The lowest BCUT2D eigenvalue weighted by molar-refractivity contribution is 0.462. The van der Waals surface area contributed by atoms with Crippen molar-refractivity contribution in [2.24, 2.45) is 7.05 Å². The van der Waals surface area contributed by atoms with Gasteiger partial charge in [-0.05, 0) is 56.0 Å². The maximum absolute atomic E-state index is 3.44. The van der Waals surface area contributed by atoms with Crippen molar-refractivity contribution in [2.45, 2.75) is 25.7 Å². The number of hydrogen-bond donors (Lipinski definition) is 1. The average molecular weight is 228 g/mol. The molecular formula is C15H20N2. The summed E-state index contributed by atoms with van der Waals surface area (Å²) in [5.41, 5.74) is 4.26. The third-order valence-corrected chi connectivity index (χ3v) is 3.96. The van der Waals surface area contributed by atoms with Gasteiger partial charge in [-0.3, -0.25) is 0 Å². The highest BCUT2D eigenvalue weighted by Crippen LogP contribution is 2.32. The summed E-state index contributed by atoms with van der Waals surface area (Å²) in [7, 11) is 2.16. The van der Waals surface area contributed by atoms with E-state index in [4.69, 9.17) is 0 Å². The van der Waals surface area contributed by atoms with Crippen LogP contribution in [-0.2, 0) is 7.05 Å². The third-order valence-electron chi connectivity index (χ3n) is 3.96. The van der Waals surface area contributed by atoms with Crippen molar-refractivity contribution in [3.8, 4) is 0 Å². The van der Waals surface area contributed by atoms with Crippen LogP contribution >= 0.6 is 0 Å². The number of nitrogens with zero attached hydrogens (tertiary/aromatic N) is 1. The van der Waals surface area contributed by atoms with E-state index >= 15 is 0 Å². The molecule has 0 aliphatic carbocycles. The van der Waals surface area contributed by atoms with E-state index in [2.05, 4.69) is 48.3 Å². The summed E-state index contributed by atoms with van der Waals surface area (Å²) < 4.78 is 2.28. The minimum absolute atomic E-state index is 0.739. The molecular weight excluding hydrogens is 208 g/mol. The number of nitrogens with one attached hydrogen (secondary N) is 1. The van der Waals surface area contributed by atoms with Gasteiger partial charge in [0.15, 0.2) is 0 Å². The van der Waals surface area contributed by atoms with Gasteiger partial charge in [-0.25, -0.2) is 0 Å². The van der Waals surface area contributed by atoms with E-state index in [1.165, 1.54) is 29.3 Å². The second kappa shape index (κ2) is 4.19. The maximum atomic E-state index is 3.44. The van der Waals surface area contributed by atoms with Gasteiger partial charge in [-0.2, -0.15) is 0 Å². The van der Waals surface area contributed by atoms with Gasteiger partial charge in [-0.1, -0.05) is 12.1 Å². The Morgan fingerprint density at radius 1 is 1.24 bits per heavy atom. The van der Waals surface area contributed by atoms with Gasteiger partial charge in [0.1, 0.15) is 0 Å². The van der Waals surface area contributed by atoms with Crippen LogP contribution in [0.4, 0.5) is 0 Å². The first-order valence-electron chi connectivity index (χ1n) is 6.52. The highest BCUT2D eigenvalue weighted by Gasteiger charge is 2.19. The molecule has 2 heterocycles. The predicted molar refractivity (Wildman–Crippen MR) is 72.5 cm³/mol. The van der Waals surface area contributed by atoms with Gasteiger partial charge in [-0.15, -0.1) is 0 Å². The number of hydrogen-bond acceptors (Lipinski definition) is 1. The number of aromatic nitrogens is 1. The van der Waals surface area contributed by atoms with Crippen LogP contribution in [-0.4, -0.2) is 17.7 Å². The van der Waals surface area contributed by atoms with E-state index in [0.717, 1.165) is 19.0 Å². The Balaban J connectivity index is 2.10. The van der Waals surface area contributed by atoms with Crippen molar-refractivity contribution in [3.05, 3.63) is 35.5 Å². The molecule has 0 unspecified atom stereocenters. The molecule has 0 saturated carbocycles. The Hall–Kier alpha value is -1.28. The first kappa shape index (κ1) is 10.8. The molecule has 2 nitrogen and oxygen atoms in total. The van der Waals surface area contributed by atoms with Crippen LogP contribution < -0.4 is 5.32 Å². The second-order valence-electron chi connectivity index (χ2n) is 5.24. The first-order valence-corrected chi connectivity index (χ1v) is 6.52. The summed E-state index contributed by atoms with van der Waals surface area (Å²) in [5.74, 6) is 0.739. The Bertz CT molecular complexity index is 533. The zero-order valence-corrected chi connectivity index (χ0v) is 10.7. The fraction of sp³-hybridized carbons (Fsp3) is 0.467. The summed E-state index contributed by atoms with van der Waals surface area (Å²) >= 11 is 0. The van der Waals surface area contributed by atoms with Crippen LogP contribution in [0.15, 0.2) is 24.4 Å². The van der Waals surface area contributed by atoms with Gasteiger partial charge < -0.3 is 9.88 Å². The standard InChI is InChI=1S/C15H20N2/c1-11-3-4-13-14(10-17(2)15(13)9-11)12-5-7-16-8-6-12/h3-4,9-10,12,16H,5-8H2,1-2H3. The topological polar surface area (TPSA) is 17.0 Å². The number of rotatable bonds is 1. The molecule has 1 N–H and O–H groups in total. The Morgan fingerprint density at radius 2 is 2.00 bits per heavy atom. The molecule has 3 rings (SSSR count). The highest BCUT2D eigenvalue weighted by molar-refractivity contribution is 5.85. The van der Waals surface area contributed by atoms with Crippen LogP contribution in [0.3, 0.4) is 0 Å². The van der Waals surface area contributed by atoms with E-state index < -0.39 is 0 Å². The predicted octanol–water partition coefficient (Wildman–Crippen LogP) is 2.95. The number of benzene rings is 1. The lowest BCUT2D eigenvalue weighted by Crippen LogP contribution is -2.26. The molecule has 1 aliphatic heterocycles. The molecule has 17 heavy (non-hydrogen) atoms. The van der Waals surface area contributed by atoms with E-state index in [9.17, 15) is 0 Å². The molecule has 2 aromatic rings. The van der Waals surface area contributed by atoms with Crippen molar-refractivity contribution in [2.75, 3.05) is 13.1 Å². The van der Waals surface area contributed by atoms with Gasteiger partial charge in [0.2, 0.25) is 0 Å². The van der Waals surface area contributed by atoms with Crippen LogP contribution in [0.25, 0.3) is 10.9 Å². The van der Waals surface area contributed by atoms with Gasteiger partial charge in [0.25, 0.3) is 0 Å². The minimum Gasteiger partial charge on any atom is -0.350 e. The molecule has 1 aliphatic rings. The van der Waals surface area contributed by atoms with Gasteiger partial charge >= 0.3 is 0 Å². The van der Waals surface area contributed by atoms with E-state index in [1.807, 2.05) is 0 Å². The average Bonchev–Trinajstić information content (AvgIpc) is 2.68. The molecule has 90 valence electrons. The number of piperidine rings is 1. The molecule has 1 saturated heterocycles. The normalized spacial score (nSPS) is 17.8. The minimum atomic E-state index is 0.739. The summed E-state index contributed by atoms with van der Waals surface area (Å²) in [4.78, 5) is 0. The number of aryl methyl sites for hydroxylation is 2. The molecule has 0 atom stereocenters. The summed E-state index contributed by atoms with van der Waals surface area (Å²) in [6.07, 6.45) is 4.88. The zero-order chi connectivity index (χ0) is 11.8. The fourth-order valence-corrected chi connectivity index (χ4v) is 2.98. The van der Waals surface area contributed by atoms with Crippen LogP contribution in [0.1, 0.15) is 29.9 Å². The monoisotopic (exact) mass is 228 g/mol. The largest absolute Gasteiger partial charge is 0.350 e. The van der Waals surface area contributed by atoms with Crippen molar-refractivity contribution in [3.63, 3.8) is 0 Å². The second-order valence-corrected chi connectivity index (χ2v) is 5.24. The number of fused-ring (bicyclic) bond motifs is 1. The SMILES string of the molecule is Cc1ccc2c(C3CCNCC3)cn(C)c2c1. The van der Waals surface area contributed by atoms with Crippen molar-refractivity contribution in [1.82, 2.24) is 9.88 Å². The lowest BCUT2D eigenvalue weighted by atomic mass is 9.90. The maximum Gasteiger partial charge on any atom is 0.0483 e. The summed E-state index contributed by atoms with van der Waals surface area (Å²) in [6, 6.07) is 6.81. The molecule has 2 heteroatoms. The molecule has 1 fully saturated rings. The molecule has 0 amide bonds.